The summed E-state index contributed by atoms with van der Waals surface area (Å²) >= 11 is 4.86. The largest absolute Gasteiger partial charge is 0.364 e. The van der Waals surface area contributed by atoms with Gasteiger partial charge in [0.05, 0.1) is 0 Å². The minimum atomic E-state index is -0.459. The normalized spacial score (nSPS) is 21.7. The number of benzene rings is 1. The predicted octanol–water partition coefficient (Wildman–Crippen LogP) is 3.41. The van der Waals surface area contributed by atoms with Crippen molar-refractivity contribution in [3.05, 3.63) is 34.4 Å². The molecule has 3 rings (SSSR count). The number of nitrogens with zero attached hydrogens (tertiary/aromatic N) is 1. The Balaban J connectivity index is 2.11. The summed E-state index contributed by atoms with van der Waals surface area (Å²) in [7, 11) is 0. The lowest BCUT2D eigenvalue weighted by Crippen LogP contribution is -2.52. The van der Waals surface area contributed by atoms with Gasteiger partial charge in [-0.2, -0.15) is 0 Å². The van der Waals surface area contributed by atoms with E-state index in [1.807, 2.05) is 6.92 Å². The summed E-state index contributed by atoms with van der Waals surface area (Å²) in [6.07, 6.45) is 2.71. The molecule has 1 fully saturated rings. The van der Waals surface area contributed by atoms with Gasteiger partial charge in [0.15, 0.2) is 5.11 Å². The van der Waals surface area contributed by atoms with E-state index in [9.17, 15) is 9.59 Å². The molecule has 0 saturated carbocycles. The summed E-state index contributed by atoms with van der Waals surface area (Å²) in [5, 5.41) is 5.02. The lowest BCUT2D eigenvalue weighted by Gasteiger charge is -2.50. The highest BCUT2D eigenvalue weighted by Gasteiger charge is 2.38. The molecule has 1 aromatic carbocycles. The Morgan fingerprint density at radius 2 is 1.81 bits per heavy atom. The molecule has 144 valence electrons. The molecule has 0 radical (unpaired) electrons. The Morgan fingerprint density at radius 3 is 2.37 bits per heavy atom. The van der Waals surface area contributed by atoms with Gasteiger partial charge in [0.2, 0.25) is 0 Å². The molecular weight excluding hydrogens is 358 g/mol. The highest BCUT2D eigenvalue weighted by molar-refractivity contribution is 7.80. The summed E-state index contributed by atoms with van der Waals surface area (Å²) < 4.78 is 0. The van der Waals surface area contributed by atoms with E-state index < -0.39 is 11.8 Å². The van der Waals surface area contributed by atoms with Gasteiger partial charge in [0.25, 0.3) is 11.8 Å². The molecule has 2 aliphatic rings. The lowest BCUT2D eigenvalue weighted by atomic mass is 9.78. The van der Waals surface area contributed by atoms with Gasteiger partial charge in [-0.15, -0.1) is 0 Å². The number of thiocarbonyl (C=S) groups is 1. The number of amides is 2. The van der Waals surface area contributed by atoms with Crippen LogP contribution in [0.1, 0.15) is 63.6 Å². The van der Waals surface area contributed by atoms with Crippen LogP contribution in [-0.4, -0.2) is 28.5 Å². The number of rotatable bonds is 2. The van der Waals surface area contributed by atoms with E-state index in [0.29, 0.717) is 12.0 Å². The van der Waals surface area contributed by atoms with Gasteiger partial charge in [-0.3, -0.25) is 20.2 Å². The van der Waals surface area contributed by atoms with E-state index in [4.69, 9.17) is 12.2 Å². The molecule has 1 aromatic rings. The summed E-state index contributed by atoms with van der Waals surface area (Å²) in [4.78, 5) is 26.8. The molecule has 0 bridgehead atoms. The van der Waals surface area contributed by atoms with Crippen molar-refractivity contribution in [3.63, 3.8) is 0 Å². The van der Waals surface area contributed by atoms with Gasteiger partial charge in [0.1, 0.15) is 5.57 Å². The first-order chi connectivity index (χ1) is 12.5. The van der Waals surface area contributed by atoms with Gasteiger partial charge in [-0.05, 0) is 94.1 Å². The Morgan fingerprint density at radius 1 is 1.22 bits per heavy atom. The molecule has 27 heavy (non-hydrogen) atoms. The van der Waals surface area contributed by atoms with E-state index in [-0.39, 0.29) is 16.2 Å². The second-order valence-corrected chi connectivity index (χ2v) is 8.85. The summed E-state index contributed by atoms with van der Waals surface area (Å²) in [6, 6.07) is 4.69. The third-order valence-corrected chi connectivity index (χ3v) is 5.63. The van der Waals surface area contributed by atoms with E-state index in [1.54, 1.807) is 6.08 Å². The minimum absolute atomic E-state index is 0.0488. The number of hydrogen-bond acceptors (Lipinski definition) is 4. The van der Waals surface area contributed by atoms with E-state index >= 15 is 0 Å². The molecule has 2 heterocycles. The van der Waals surface area contributed by atoms with Crippen LogP contribution in [0, 0.1) is 6.92 Å². The number of hydrogen-bond donors (Lipinski definition) is 2. The van der Waals surface area contributed by atoms with Gasteiger partial charge in [0, 0.05) is 17.3 Å². The number of carbonyl (C=O) groups is 2. The van der Waals surface area contributed by atoms with E-state index in [0.717, 1.165) is 17.5 Å². The van der Waals surface area contributed by atoms with Gasteiger partial charge in [-0.1, -0.05) is 6.92 Å². The number of aryl methyl sites for hydroxylation is 1. The highest BCUT2D eigenvalue weighted by atomic mass is 32.1. The van der Waals surface area contributed by atoms with Gasteiger partial charge < -0.3 is 4.90 Å². The van der Waals surface area contributed by atoms with Crippen molar-refractivity contribution in [2.75, 3.05) is 4.90 Å². The number of carbonyl (C=O) groups excluding carboxylic acids is 2. The molecule has 0 aliphatic carbocycles. The van der Waals surface area contributed by atoms with Crippen molar-refractivity contribution in [3.8, 4) is 0 Å². The highest BCUT2D eigenvalue weighted by Crippen LogP contribution is 2.45. The van der Waals surface area contributed by atoms with Crippen molar-refractivity contribution in [1.82, 2.24) is 10.6 Å². The number of fused-ring (bicyclic) bond motifs is 1. The van der Waals surface area contributed by atoms with Crippen molar-refractivity contribution in [1.29, 1.82) is 0 Å². The van der Waals surface area contributed by atoms with E-state index in [2.05, 4.69) is 62.3 Å². The van der Waals surface area contributed by atoms with Crippen LogP contribution >= 0.6 is 12.2 Å². The average Bonchev–Trinajstić information content (AvgIpc) is 2.50. The maximum atomic E-state index is 12.2. The molecule has 1 saturated heterocycles. The van der Waals surface area contributed by atoms with Crippen LogP contribution in [0.4, 0.5) is 5.69 Å². The SMILES string of the molecule is Cc1cc2c(cc1C=C1C(=O)NC(=S)NC1=O)[C@H](C)CC(C)(C)N2C(C)C. The second kappa shape index (κ2) is 6.75. The Kier molecular flexibility index (Phi) is 4.89. The lowest BCUT2D eigenvalue weighted by molar-refractivity contribution is -0.123. The van der Waals surface area contributed by atoms with Crippen LogP contribution in [0.15, 0.2) is 17.7 Å². The first-order valence-corrected chi connectivity index (χ1v) is 9.74. The Labute approximate surface area is 166 Å². The molecule has 2 aliphatic heterocycles. The molecule has 0 unspecified atom stereocenters. The summed E-state index contributed by atoms with van der Waals surface area (Å²) in [5.74, 6) is -0.526. The number of anilines is 1. The second-order valence-electron chi connectivity index (χ2n) is 8.44. The molecule has 0 aromatic heterocycles. The fourth-order valence-electron chi connectivity index (χ4n) is 4.51. The monoisotopic (exact) mass is 385 g/mol. The van der Waals surface area contributed by atoms with Gasteiger partial charge >= 0.3 is 0 Å². The van der Waals surface area contributed by atoms with Crippen molar-refractivity contribution in [2.24, 2.45) is 0 Å². The Hall–Kier alpha value is -2.21. The van der Waals surface area contributed by atoms with Crippen molar-refractivity contribution >= 4 is 40.9 Å². The zero-order chi connectivity index (χ0) is 20.1. The molecule has 2 N–H and O–H groups in total. The fraction of sp³-hybridized carbons (Fsp3) is 0.476. The van der Waals surface area contributed by atoms with Crippen LogP contribution in [0.2, 0.25) is 0 Å². The first-order valence-electron chi connectivity index (χ1n) is 9.33. The average molecular weight is 386 g/mol. The predicted molar refractivity (Wildman–Crippen MR) is 113 cm³/mol. The van der Waals surface area contributed by atoms with Gasteiger partial charge in [-0.25, -0.2) is 0 Å². The van der Waals surface area contributed by atoms with Crippen molar-refractivity contribution in [2.45, 2.75) is 65.5 Å². The summed E-state index contributed by atoms with van der Waals surface area (Å²) in [5.41, 5.74) is 4.57. The molecule has 2 amide bonds. The molecule has 1 atom stereocenters. The summed E-state index contributed by atoms with van der Waals surface area (Å²) in [6.45, 7) is 13.3. The van der Waals surface area contributed by atoms with Crippen LogP contribution in [0.25, 0.3) is 6.08 Å². The van der Waals surface area contributed by atoms with Crippen LogP contribution in [0.5, 0.6) is 0 Å². The zero-order valence-electron chi connectivity index (χ0n) is 16.8. The van der Waals surface area contributed by atoms with Crippen molar-refractivity contribution < 1.29 is 9.59 Å². The Bertz CT molecular complexity index is 848. The molecule has 0 spiro atoms. The van der Waals surface area contributed by atoms with Crippen LogP contribution in [-0.2, 0) is 9.59 Å². The maximum absolute atomic E-state index is 12.2. The smallest absolute Gasteiger partial charge is 0.263 e. The third-order valence-electron chi connectivity index (χ3n) is 5.42. The quantitative estimate of drug-likeness (QED) is 0.465. The first kappa shape index (κ1) is 19.5. The number of nitrogens with one attached hydrogen (secondary N) is 2. The third kappa shape index (κ3) is 3.50. The molecule has 6 heteroatoms. The standard InChI is InChI=1S/C21H27N3O2S/c1-11(2)24-17-7-12(3)14(8-15(17)13(4)10-21(24,5)6)9-16-18(25)22-20(27)23-19(16)26/h7-9,11,13H,10H2,1-6H3,(H2,22,23,25,26,27)/t13-/m1/s1. The maximum Gasteiger partial charge on any atom is 0.263 e. The van der Waals surface area contributed by atoms with E-state index in [1.165, 1.54) is 11.3 Å². The fourth-order valence-corrected chi connectivity index (χ4v) is 4.69. The minimum Gasteiger partial charge on any atom is -0.364 e. The van der Waals surface area contributed by atoms with Crippen LogP contribution < -0.4 is 15.5 Å². The van der Waals surface area contributed by atoms with Crippen LogP contribution in [0.3, 0.4) is 0 Å². The molecule has 5 nitrogen and oxygen atoms in total. The topological polar surface area (TPSA) is 61.4 Å². The zero-order valence-corrected chi connectivity index (χ0v) is 17.6. The molecular formula is C21H27N3O2S.